The number of phenolic OH excluding ortho intramolecular Hbond substituents is 2. The molecule has 0 aliphatic heterocycles. The van der Waals surface area contributed by atoms with Gasteiger partial charge in [-0.05, 0) is 6.07 Å². The summed E-state index contributed by atoms with van der Waals surface area (Å²) >= 11 is 0. The molecular formula is C11H10O6. The molecular weight excluding hydrogens is 228 g/mol. The lowest BCUT2D eigenvalue weighted by atomic mass is 10.1. The van der Waals surface area contributed by atoms with Gasteiger partial charge in [-0.15, -0.1) is 0 Å². The number of hydrogen-bond donors (Lipinski definition) is 2. The zero-order chi connectivity index (χ0) is 12.6. The van der Waals surface area contributed by atoms with Gasteiger partial charge in [-0.25, -0.2) is 4.79 Å². The highest BCUT2D eigenvalue weighted by Crippen LogP contribution is 2.49. The summed E-state index contributed by atoms with van der Waals surface area (Å²) in [5, 5.41) is 19.8. The molecule has 0 aliphatic carbocycles. The van der Waals surface area contributed by atoms with Crippen LogP contribution < -0.4 is 15.1 Å². The van der Waals surface area contributed by atoms with Crippen molar-refractivity contribution in [1.82, 2.24) is 0 Å². The third kappa shape index (κ3) is 1.54. The van der Waals surface area contributed by atoms with E-state index < -0.39 is 11.4 Å². The van der Waals surface area contributed by atoms with Crippen LogP contribution in [-0.2, 0) is 0 Å². The molecule has 0 unspecified atom stereocenters. The van der Waals surface area contributed by atoms with E-state index in [4.69, 9.17) is 13.9 Å². The van der Waals surface area contributed by atoms with Crippen molar-refractivity contribution in [2.45, 2.75) is 0 Å². The van der Waals surface area contributed by atoms with Crippen molar-refractivity contribution in [3.63, 3.8) is 0 Å². The van der Waals surface area contributed by atoms with Gasteiger partial charge in [-0.3, -0.25) is 0 Å². The summed E-state index contributed by atoms with van der Waals surface area (Å²) in [5.41, 5.74) is -0.643. The third-order valence-electron chi connectivity index (χ3n) is 2.35. The molecule has 1 aromatic heterocycles. The predicted molar refractivity (Wildman–Crippen MR) is 58.9 cm³/mol. The van der Waals surface area contributed by atoms with E-state index in [0.717, 1.165) is 6.07 Å². The summed E-state index contributed by atoms with van der Waals surface area (Å²) in [7, 11) is 2.59. The summed E-state index contributed by atoms with van der Waals surface area (Å²) in [6.45, 7) is 0. The van der Waals surface area contributed by atoms with Crippen molar-refractivity contribution in [3.8, 4) is 23.0 Å². The van der Waals surface area contributed by atoms with Crippen LogP contribution >= 0.6 is 0 Å². The Balaban J connectivity index is 3.00. The van der Waals surface area contributed by atoms with Crippen molar-refractivity contribution < 1.29 is 24.1 Å². The van der Waals surface area contributed by atoms with Crippen LogP contribution in [0.4, 0.5) is 0 Å². The van der Waals surface area contributed by atoms with Crippen molar-refractivity contribution in [3.05, 3.63) is 22.6 Å². The van der Waals surface area contributed by atoms with E-state index >= 15 is 0 Å². The fraction of sp³-hybridized carbons (Fsp3) is 0.182. The number of rotatable bonds is 2. The molecule has 6 nitrogen and oxygen atoms in total. The van der Waals surface area contributed by atoms with Crippen LogP contribution in [0.15, 0.2) is 21.3 Å². The smallest absolute Gasteiger partial charge is 0.336 e. The molecule has 2 N–H and O–H groups in total. The minimum atomic E-state index is -0.611. The molecule has 17 heavy (non-hydrogen) atoms. The second-order valence-electron chi connectivity index (χ2n) is 3.26. The van der Waals surface area contributed by atoms with Gasteiger partial charge in [-0.1, -0.05) is 0 Å². The van der Waals surface area contributed by atoms with Gasteiger partial charge in [0.1, 0.15) is 0 Å². The molecule has 0 spiro atoms. The molecule has 0 bridgehead atoms. The lowest BCUT2D eigenvalue weighted by Crippen LogP contribution is -1.98. The van der Waals surface area contributed by atoms with E-state index in [1.807, 2.05) is 0 Å². The first-order chi connectivity index (χ1) is 8.10. The van der Waals surface area contributed by atoms with Crippen LogP contribution in [-0.4, -0.2) is 24.4 Å². The minimum absolute atomic E-state index is 0.0317. The fourth-order valence-electron chi connectivity index (χ4n) is 1.60. The predicted octanol–water partition coefficient (Wildman–Crippen LogP) is 1.22. The average Bonchev–Trinajstić information content (AvgIpc) is 2.30. The maximum absolute atomic E-state index is 11.1. The van der Waals surface area contributed by atoms with Gasteiger partial charge in [0.25, 0.3) is 0 Å². The number of phenols is 2. The summed E-state index contributed by atoms with van der Waals surface area (Å²) in [4.78, 5) is 11.1. The highest BCUT2D eigenvalue weighted by atomic mass is 16.5. The molecule has 0 aliphatic rings. The van der Waals surface area contributed by atoms with Crippen molar-refractivity contribution >= 4 is 11.0 Å². The van der Waals surface area contributed by atoms with Crippen molar-refractivity contribution in [2.24, 2.45) is 0 Å². The maximum atomic E-state index is 11.1. The molecule has 0 radical (unpaired) electrons. The van der Waals surface area contributed by atoms with E-state index in [9.17, 15) is 15.0 Å². The standard InChI is InChI=1S/C11H10O6/c1-15-10-7(13)5-3-4-6(12)17-9(5)11(16-2)8(10)14/h3-4,13-14H,1-2H3. The number of benzene rings is 1. The van der Waals surface area contributed by atoms with Crippen LogP contribution in [0.25, 0.3) is 11.0 Å². The number of ether oxygens (including phenoxy) is 2. The van der Waals surface area contributed by atoms with Gasteiger partial charge in [0.05, 0.1) is 19.6 Å². The minimum Gasteiger partial charge on any atom is -0.504 e. The SMILES string of the molecule is COc1c(O)c(OC)c2oc(=O)ccc2c1O. The van der Waals surface area contributed by atoms with Gasteiger partial charge in [-0.2, -0.15) is 0 Å². The van der Waals surface area contributed by atoms with Crippen LogP contribution in [0.5, 0.6) is 23.0 Å². The zero-order valence-corrected chi connectivity index (χ0v) is 9.18. The quantitative estimate of drug-likeness (QED) is 0.764. The van der Waals surface area contributed by atoms with E-state index in [1.165, 1.54) is 20.3 Å². The molecule has 0 amide bonds. The first-order valence-electron chi connectivity index (χ1n) is 4.70. The monoisotopic (exact) mass is 238 g/mol. The summed E-state index contributed by atoms with van der Waals surface area (Å²) in [5.74, 6) is -0.936. The Morgan fingerprint density at radius 1 is 1.06 bits per heavy atom. The number of hydrogen-bond acceptors (Lipinski definition) is 6. The van der Waals surface area contributed by atoms with E-state index in [2.05, 4.69) is 0 Å². The summed E-state index contributed by atoms with van der Waals surface area (Å²) in [6.07, 6.45) is 0. The van der Waals surface area contributed by atoms with Gasteiger partial charge in [0.2, 0.25) is 17.2 Å². The van der Waals surface area contributed by atoms with Gasteiger partial charge in [0, 0.05) is 6.07 Å². The number of fused-ring (bicyclic) bond motifs is 1. The molecule has 1 heterocycles. The molecule has 0 saturated carbocycles. The molecule has 1 aromatic carbocycles. The Bertz CT molecular complexity index is 628. The van der Waals surface area contributed by atoms with Crippen LogP contribution in [0.3, 0.4) is 0 Å². The third-order valence-corrected chi connectivity index (χ3v) is 2.35. The molecule has 2 aromatic rings. The van der Waals surface area contributed by atoms with Crippen LogP contribution in [0, 0.1) is 0 Å². The Morgan fingerprint density at radius 3 is 2.29 bits per heavy atom. The Morgan fingerprint density at radius 2 is 1.71 bits per heavy atom. The molecule has 0 atom stereocenters. The van der Waals surface area contributed by atoms with E-state index in [0.29, 0.717) is 0 Å². The largest absolute Gasteiger partial charge is 0.504 e. The summed E-state index contributed by atoms with van der Waals surface area (Å²) < 4.78 is 14.7. The zero-order valence-electron chi connectivity index (χ0n) is 9.18. The molecule has 0 fully saturated rings. The highest BCUT2D eigenvalue weighted by Gasteiger charge is 2.22. The Kier molecular flexibility index (Phi) is 2.55. The first-order valence-corrected chi connectivity index (χ1v) is 4.70. The lowest BCUT2D eigenvalue weighted by molar-refractivity contribution is 0.323. The molecule has 90 valence electrons. The second-order valence-corrected chi connectivity index (χ2v) is 3.26. The normalized spacial score (nSPS) is 10.5. The molecule has 0 saturated heterocycles. The lowest BCUT2D eigenvalue weighted by Gasteiger charge is -2.12. The first kappa shape index (κ1) is 11.1. The summed E-state index contributed by atoms with van der Waals surface area (Å²) in [6, 6.07) is 2.51. The van der Waals surface area contributed by atoms with Gasteiger partial charge < -0.3 is 24.1 Å². The highest BCUT2D eigenvalue weighted by molar-refractivity contribution is 5.94. The van der Waals surface area contributed by atoms with E-state index in [1.54, 1.807) is 0 Å². The van der Waals surface area contributed by atoms with Gasteiger partial charge >= 0.3 is 5.63 Å². The molecule has 2 rings (SSSR count). The second kappa shape index (κ2) is 3.89. The van der Waals surface area contributed by atoms with Crippen molar-refractivity contribution in [2.75, 3.05) is 14.2 Å². The van der Waals surface area contributed by atoms with Crippen LogP contribution in [0.1, 0.15) is 0 Å². The maximum Gasteiger partial charge on any atom is 0.336 e. The topological polar surface area (TPSA) is 89.1 Å². The van der Waals surface area contributed by atoms with Crippen molar-refractivity contribution in [1.29, 1.82) is 0 Å². The average molecular weight is 238 g/mol. The van der Waals surface area contributed by atoms with Crippen LogP contribution in [0.2, 0.25) is 0 Å². The molecule has 6 heteroatoms. The fourth-order valence-corrected chi connectivity index (χ4v) is 1.60. The number of aromatic hydroxyl groups is 2. The number of methoxy groups -OCH3 is 2. The Labute approximate surface area is 95.6 Å². The van der Waals surface area contributed by atoms with E-state index in [-0.39, 0.29) is 28.2 Å². The van der Waals surface area contributed by atoms with Gasteiger partial charge in [0.15, 0.2) is 11.3 Å². The Hall–Kier alpha value is -2.37.